The topological polar surface area (TPSA) is 49.5 Å². The van der Waals surface area contributed by atoms with Crippen molar-refractivity contribution < 1.29 is 9.63 Å². The van der Waals surface area contributed by atoms with Crippen LogP contribution < -0.4 is 0 Å². The molecule has 0 bridgehead atoms. The molecule has 0 spiro atoms. The summed E-state index contributed by atoms with van der Waals surface area (Å²) in [5.74, 6) is -0.122. The number of rotatable bonds is 6. The first kappa shape index (κ1) is 16.1. The number of fused-ring (bicyclic) bond motifs is 1. The molecule has 124 valence electrons. The second kappa shape index (κ2) is 7.18. The van der Waals surface area contributed by atoms with Gasteiger partial charge in [0, 0.05) is 11.6 Å². The number of benzene rings is 1. The fraction of sp³-hybridized carbons (Fsp3) is 0.526. The summed E-state index contributed by atoms with van der Waals surface area (Å²) < 4.78 is 4.86. The van der Waals surface area contributed by atoms with Gasteiger partial charge in [0.15, 0.2) is 0 Å². The van der Waals surface area contributed by atoms with Crippen LogP contribution in [0.3, 0.4) is 0 Å². The lowest BCUT2D eigenvalue weighted by Crippen LogP contribution is -2.40. The van der Waals surface area contributed by atoms with Crippen LogP contribution in [0.4, 0.5) is 0 Å². The molecule has 0 aliphatic heterocycles. The van der Waals surface area contributed by atoms with Crippen molar-refractivity contribution in [3.63, 3.8) is 0 Å². The van der Waals surface area contributed by atoms with Gasteiger partial charge in [-0.25, -0.2) is 0 Å². The van der Waals surface area contributed by atoms with Crippen LogP contribution in [0.2, 0.25) is 0 Å². The molecule has 0 amide bonds. The average molecular weight is 314 g/mol. The van der Waals surface area contributed by atoms with Crippen LogP contribution in [-0.2, 0) is 12.8 Å². The van der Waals surface area contributed by atoms with Crippen molar-refractivity contribution in [2.24, 2.45) is 0 Å². The van der Waals surface area contributed by atoms with E-state index in [4.69, 9.17) is 4.52 Å². The molecule has 4 heteroatoms. The molecule has 1 aromatic carbocycles. The van der Waals surface area contributed by atoms with E-state index in [0.29, 0.717) is 6.04 Å². The zero-order valence-corrected chi connectivity index (χ0v) is 14.1. The van der Waals surface area contributed by atoms with E-state index in [1.165, 1.54) is 43.5 Å². The molecule has 1 aliphatic rings. The Balaban J connectivity index is 1.89. The zero-order chi connectivity index (χ0) is 16.2. The van der Waals surface area contributed by atoms with Gasteiger partial charge < -0.3 is 14.5 Å². The highest BCUT2D eigenvalue weighted by Crippen LogP contribution is 2.33. The minimum Gasteiger partial charge on any atom is -0.479 e. The summed E-state index contributed by atoms with van der Waals surface area (Å²) in [5.41, 5.74) is 4.62. The van der Waals surface area contributed by atoms with Crippen LogP contribution in [0.1, 0.15) is 44.2 Å². The van der Waals surface area contributed by atoms with Gasteiger partial charge in [-0.2, -0.15) is 0 Å². The van der Waals surface area contributed by atoms with Crippen LogP contribution in [-0.4, -0.2) is 34.3 Å². The van der Waals surface area contributed by atoms with Crippen molar-refractivity contribution in [1.82, 2.24) is 10.1 Å². The van der Waals surface area contributed by atoms with Crippen LogP contribution in [0.15, 0.2) is 28.8 Å². The van der Waals surface area contributed by atoms with Crippen molar-refractivity contribution in [1.29, 1.82) is 0 Å². The van der Waals surface area contributed by atoms with Crippen LogP contribution in [0.5, 0.6) is 5.95 Å². The number of aromatic nitrogens is 1. The number of aromatic hydroxyl groups is 1. The predicted molar refractivity (Wildman–Crippen MR) is 91.6 cm³/mol. The third-order valence-corrected chi connectivity index (χ3v) is 4.77. The fourth-order valence-electron chi connectivity index (χ4n) is 3.77. The molecule has 1 atom stereocenters. The van der Waals surface area contributed by atoms with Gasteiger partial charge in [-0.1, -0.05) is 37.2 Å². The predicted octanol–water partition coefficient (Wildman–Crippen LogP) is 4.03. The minimum absolute atomic E-state index is 0.122. The third-order valence-electron chi connectivity index (χ3n) is 4.77. The van der Waals surface area contributed by atoms with E-state index in [1.54, 1.807) is 6.07 Å². The molecule has 23 heavy (non-hydrogen) atoms. The second-order valence-electron chi connectivity index (χ2n) is 6.43. The Labute approximate surface area is 138 Å². The second-order valence-corrected chi connectivity index (χ2v) is 6.43. The molecule has 1 unspecified atom stereocenters. The Hall–Kier alpha value is -1.81. The molecule has 1 N–H and O–H groups in total. The molecule has 4 nitrogen and oxygen atoms in total. The quantitative estimate of drug-likeness (QED) is 0.874. The summed E-state index contributed by atoms with van der Waals surface area (Å²) in [6.45, 7) is 6.84. The fourth-order valence-corrected chi connectivity index (χ4v) is 3.77. The standard InChI is InChI=1S/C19H26N2O2/c1-3-10-21(11-4-2)15-9-8-14-6-5-7-16(17(14)12-15)18-13-19(22)23-20-18/h5-7,13,15,22H,3-4,8-12H2,1-2H3. The molecule has 0 radical (unpaired) electrons. The lowest BCUT2D eigenvalue weighted by Gasteiger charge is -2.35. The van der Waals surface area contributed by atoms with Crippen LogP contribution in [0.25, 0.3) is 11.3 Å². The molecular formula is C19H26N2O2. The minimum atomic E-state index is -0.122. The molecule has 2 aromatic rings. The highest BCUT2D eigenvalue weighted by molar-refractivity contribution is 5.66. The summed E-state index contributed by atoms with van der Waals surface area (Å²) in [6, 6.07) is 8.59. The van der Waals surface area contributed by atoms with E-state index in [9.17, 15) is 5.11 Å². The lowest BCUT2D eigenvalue weighted by atomic mass is 9.83. The normalized spacial score (nSPS) is 17.4. The maximum Gasteiger partial charge on any atom is 0.309 e. The third kappa shape index (κ3) is 3.42. The van der Waals surface area contributed by atoms with Gasteiger partial charge in [0.25, 0.3) is 0 Å². The smallest absolute Gasteiger partial charge is 0.309 e. The van der Waals surface area contributed by atoms with Crippen molar-refractivity contribution in [3.05, 3.63) is 35.4 Å². The van der Waals surface area contributed by atoms with Gasteiger partial charge in [-0.15, -0.1) is 0 Å². The summed E-state index contributed by atoms with van der Waals surface area (Å²) >= 11 is 0. The molecule has 1 aliphatic carbocycles. The molecule has 0 saturated heterocycles. The summed E-state index contributed by atoms with van der Waals surface area (Å²) in [7, 11) is 0. The van der Waals surface area contributed by atoms with Gasteiger partial charge in [0.05, 0.1) is 6.07 Å². The number of hydrogen-bond acceptors (Lipinski definition) is 4. The molecular weight excluding hydrogens is 288 g/mol. The van der Waals surface area contributed by atoms with Crippen LogP contribution >= 0.6 is 0 Å². The summed E-state index contributed by atoms with van der Waals surface area (Å²) in [4.78, 5) is 2.64. The monoisotopic (exact) mass is 314 g/mol. The largest absolute Gasteiger partial charge is 0.479 e. The van der Waals surface area contributed by atoms with Gasteiger partial charge in [0.2, 0.25) is 0 Å². The number of hydrogen-bond donors (Lipinski definition) is 1. The van der Waals surface area contributed by atoms with Crippen LogP contribution in [0, 0.1) is 0 Å². The molecule has 1 heterocycles. The van der Waals surface area contributed by atoms with E-state index in [2.05, 4.69) is 42.1 Å². The molecule has 1 aromatic heterocycles. The molecule has 3 rings (SSSR count). The van der Waals surface area contributed by atoms with Crippen molar-refractivity contribution in [2.75, 3.05) is 13.1 Å². The summed E-state index contributed by atoms with van der Waals surface area (Å²) in [6.07, 6.45) is 5.78. The molecule has 0 saturated carbocycles. The number of nitrogens with zero attached hydrogens (tertiary/aromatic N) is 2. The summed E-state index contributed by atoms with van der Waals surface area (Å²) in [5, 5.41) is 13.5. The SMILES string of the molecule is CCCN(CCC)C1CCc2cccc(-c3cc(O)on3)c2C1. The van der Waals surface area contributed by atoms with Crippen molar-refractivity contribution in [2.45, 2.75) is 52.0 Å². The van der Waals surface area contributed by atoms with Crippen molar-refractivity contribution in [3.8, 4) is 17.2 Å². The van der Waals surface area contributed by atoms with Crippen molar-refractivity contribution >= 4 is 0 Å². The van der Waals surface area contributed by atoms with Gasteiger partial charge in [0.1, 0.15) is 5.69 Å². The van der Waals surface area contributed by atoms with E-state index < -0.39 is 0 Å². The van der Waals surface area contributed by atoms with E-state index in [1.807, 2.05) is 0 Å². The zero-order valence-electron chi connectivity index (χ0n) is 14.1. The van der Waals surface area contributed by atoms with E-state index in [0.717, 1.165) is 24.1 Å². The highest BCUT2D eigenvalue weighted by atomic mass is 16.5. The first-order chi connectivity index (χ1) is 11.2. The Morgan fingerprint density at radius 2 is 2.04 bits per heavy atom. The Bertz CT molecular complexity index is 645. The maximum atomic E-state index is 9.46. The maximum absolute atomic E-state index is 9.46. The average Bonchev–Trinajstić information content (AvgIpc) is 3.00. The molecule has 0 fully saturated rings. The first-order valence-electron chi connectivity index (χ1n) is 8.73. The lowest BCUT2D eigenvalue weighted by molar-refractivity contribution is 0.180. The first-order valence-corrected chi connectivity index (χ1v) is 8.73. The van der Waals surface area contributed by atoms with E-state index in [-0.39, 0.29) is 5.95 Å². The van der Waals surface area contributed by atoms with Gasteiger partial charge >= 0.3 is 5.95 Å². The Kier molecular flexibility index (Phi) is 5.01. The van der Waals surface area contributed by atoms with Gasteiger partial charge in [-0.05, 0) is 56.3 Å². The highest BCUT2D eigenvalue weighted by Gasteiger charge is 2.26. The van der Waals surface area contributed by atoms with E-state index >= 15 is 0 Å². The number of aryl methyl sites for hydroxylation is 1. The van der Waals surface area contributed by atoms with Gasteiger partial charge in [-0.3, -0.25) is 0 Å². The Morgan fingerprint density at radius 1 is 1.26 bits per heavy atom. The Morgan fingerprint density at radius 3 is 2.70 bits per heavy atom.